The number of nitrogens with zero attached hydrogens (tertiary/aromatic N) is 3. The average Bonchev–Trinajstić information content (AvgIpc) is 2.90. The van der Waals surface area contributed by atoms with E-state index in [0.29, 0.717) is 18.5 Å². The van der Waals surface area contributed by atoms with Crippen LogP contribution in [0.3, 0.4) is 0 Å². The molecule has 0 aliphatic carbocycles. The molecular formula is C18H18N4O3. The minimum Gasteiger partial charge on any atom is -0.315 e. The number of hydrogen-bond acceptors (Lipinski definition) is 5. The van der Waals surface area contributed by atoms with Crippen molar-refractivity contribution in [2.45, 2.75) is 19.8 Å². The second kappa shape index (κ2) is 6.72. The Balaban J connectivity index is 1.80. The van der Waals surface area contributed by atoms with Crippen molar-refractivity contribution in [1.82, 2.24) is 0 Å². The number of hydrazone groups is 1. The standard InChI is InChI=1S/C18H18N4O3/c1-3-16(20-19-14-5-7-15(8-6-14)22(24)25)12-4-9-17-13(10-12)11-18(23)21(17)2/h4-10,19H,3,11H2,1-2H3/b20-16+. The number of carbonyl (C=O) groups excluding carboxylic acids is 1. The van der Waals surface area contributed by atoms with E-state index in [1.807, 2.05) is 25.1 Å². The van der Waals surface area contributed by atoms with Crippen molar-refractivity contribution in [2.75, 3.05) is 17.4 Å². The van der Waals surface area contributed by atoms with Crippen molar-refractivity contribution in [3.63, 3.8) is 0 Å². The summed E-state index contributed by atoms with van der Waals surface area (Å²) in [7, 11) is 1.78. The lowest BCUT2D eigenvalue weighted by atomic mass is 10.0. The number of carbonyl (C=O) groups is 1. The molecule has 0 spiro atoms. The maximum absolute atomic E-state index is 11.8. The Bertz CT molecular complexity index is 859. The molecule has 0 saturated heterocycles. The highest BCUT2D eigenvalue weighted by Gasteiger charge is 2.24. The number of nitro benzene ring substituents is 1. The maximum Gasteiger partial charge on any atom is 0.269 e. The number of fused-ring (bicyclic) bond motifs is 1. The first-order valence-electron chi connectivity index (χ1n) is 7.96. The van der Waals surface area contributed by atoms with Crippen LogP contribution in [0.2, 0.25) is 0 Å². The van der Waals surface area contributed by atoms with Gasteiger partial charge in [0.05, 0.1) is 22.7 Å². The summed E-state index contributed by atoms with van der Waals surface area (Å²) in [5.41, 5.74) is 7.39. The lowest BCUT2D eigenvalue weighted by Crippen LogP contribution is -2.20. The summed E-state index contributed by atoms with van der Waals surface area (Å²) in [6.07, 6.45) is 1.12. The monoisotopic (exact) mass is 338 g/mol. The van der Waals surface area contributed by atoms with Crippen molar-refractivity contribution >= 4 is 28.7 Å². The quantitative estimate of drug-likeness (QED) is 0.514. The van der Waals surface area contributed by atoms with Gasteiger partial charge in [-0.1, -0.05) is 13.0 Å². The van der Waals surface area contributed by atoms with E-state index in [4.69, 9.17) is 0 Å². The van der Waals surface area contributed by atoms with E-state index < -0.39 is 4.92 Å². The molecule has 0 radical (unpaired) electrons. The number of hydrogen-bond donors (Lipinski definition) is 1. The fourth-order valence-corrected chi connectivity index (χ4v) is 2.79. The normalized spacial score (nSPS) is 13.8. The molecule has 0 fully saturated rings. The van der Waals surface area contributed by atoms with Gasteiger partial charge in [0, 0.05) is 24.9 Å². The number of amides is 1. The Labute approximate surface area is 145 Å². The first kappa shape index (κ1) is 16.6. The molecule has 25 heavy (non-hydrogen) atoms. The van der Waals surface area contributed by atoms with Gasteiger partial charge in [0.2, 0.25) is 5.91 Å². The molecule has 128 valence electrons. The van der Waals surface area contributed by atoms with Crippen LogP contribution in [0.4, 0.5) is 17.1 Å². The van der Waals surface area contributed by atoms with Crippen LogP contribution >= 0.6 is 0 Å². The van der Waals surface area contributed by atoms with Gasteiger partial charge in [0.1, 0.15) is 0 Å². The van der Waals surface area contributed by atoms with Crippen LogP contribution < -0.4 is 10.3 Å². The second-order valence-electron chi connectivity index (χ2n) is 5.80. The molecule has 7 nitrogen and oxygen atoms in total. The van der Waals surface area contributed by atoms with E-state index in [9.17, 15) is 14.9 Å². The summed E-state index contributed by atoms with van der Waals surface area (Å²) in [6, 6.07) is 12.0. The number of benzene rings is 2. The van der Waals surface area contributed by atoms with E-state index in [1.54, 1.807) is 24.1 Å². The molecule has 7 heteroatoms. The van der Waals surface area contributed by atoms with E-state index in [-0.39, 0.29) is 11.6 Å². The van der Waals surface area contributed by atoms with Crippen LogP contribution in [-0.2, 0) is 11.2 Å². The summed E-state index contributed by atoms with van der Waals surface area (Å²) in [6.45, 7) is 2.00. The number of non-ortho nitro benzene ring substituents is 1. The van der Waals surface area contributed by atoms with Crippen molar-refractivity contribution in [1.29, 1.82) is 0 Å². The third-order valence-electron chi connectivity index (χ3n) is 4.22. The van der Waals surface area contributed by atoms with Crippen molar-refractivity contribution in [2.24, 2.45) is 5.10 Å². The molecule has 0 unspecified atom stereocenters. The van der Waals surface area contributed by atoms with Gasteiger partial charge in [0.25, 0.3) is 5.69 Å². The van der Waals surface area contributed by atoms with Gasteiger partial charge in [-0.25, -0.2) is 0 Å². The number of anilines is 2. The molecule has 1 aliphatic heterocycles. The van der Waals surface area contributed by atoms with E-state index in [2.05, 4.69) is 10.5 Å². The fraction of sp³-hybridized carbons (Fsp3) is 0.222. The molecule has 1 heterocycles. The van der Waals surface area contributed by atoms with Crippen LogP contribution in [0.15, 0.2) is 47.6 Å². The Hall–Kier alpha value is -3.22. The maximum atomic E-state index is 11.8. The number of nitrogens with one attached hydrogen (secondary N) is 1. The van der Waals surface area contributed by atoms with Gasteiger partial charge < -0.3 is 4.90 Å². The zero-order chi connectivity index (χ0) is 18.0. The van der Waals surface area contributed by atoms with E-state index in [0.717, 1.165) is 22.5 Å². The predicted octanol–water partition coefficient (Wildman–Crippen LogP) is 3.34. The third kappa shape index (κ3) is 3.35. The van der Waals surface area contributed by atoms with Crippen molar-refractivity contribution in [3.05, 3.63) is 63.7 Å². The summed E-state index contributed by atoms with van der Waals surface area (Å²) in [5.74, 6) is 0.0890. The minimum atomic E-state index is -0.437. The molecule has 0 aromatic heterocycles. The molecule has 0 saturated carbocycles. The van der Waals surface area contributed by atoms with Gasteiger partial charge in [-0.05, 0) is 41.8 Å². The topological polar surface area (TPSA) is 87.8 Å². The lowest BCUT2D eigenvalue weighted by Gasteiger charge is -2.11. The third-order valence-corrected chi connectivity index (χ3v) is 4.22. The first-order valence-corrected chi connectivity index (χ1v) is 7.96. The molecule has 1 amide bonds. The average molecular weight is 338 g/mol. The number of nitro groups is 1. The second-order valence-corrected chi connectivity index (χ2v) is 5.80. The van der Waals surface area contributed by atoms with Crippen LogP contribution in [-0.4, -0.2) is 23.6 Å². The molecule has 3 rings (SSSR count). The minimum absolute atomic E-state index is 0.0395. The molecule has 0 bridgehead atoms. The number of rotatable bonds is 5. The summed E-state index contributed by atoms with van der Waals surface area (Å²) < 4.78 is 0. The van der Waals surface area contributed by atoms with Crippen LogP contribution in [0, 0.1) is 10.1 Å². The van der Waals surface area contributed by atoms with Gasteiger partial charge >= 0.3 is 0 Å². The highest BCUT2D eigenvalue weighted by molar-refractivity contribution is 6.05. The largest absolute Gasteiger partial charge is 0.315 e. The van der Waals surface area contributed by atoms with Gasteiger partial charge in [-0.2, -0.15) is 5.10 Å². The summed E-state index contributed by atoms with van der Waals surface area (Å²) >= 11 is 0. The predicted molar refractivity (Wildman–Crippen MR) is 97.1 cm³/mol. The summed E-state index contributed by atoms with van der Waals surface area (Å²) in [5, 5.41) is 15.1. The smallest absolute Gasteiger partial charge is 0.269 e. The summed E-state index contributed by atoms with van der Waals surface area (Å²) in [4.78, 5) is 23.7. The zero-order valence-electron chi connectivity index (χ0n) is 14.0. The fourth-order valence-electron chi connectivity index (χ4n) is 2.79. The highest BCUT2D eigenvalue weighted by atomic mass is 16.6. The SMILES string of the molecule is CC/C(=N\Nc1ccc([N+](=O)[O-])cc1)c1ccc2c(c1)CC(=O)N2C. The van der Waals surface area contributed by atoms with E-state index in [1.165, 1.54) is 12.1 Å². The Morgan fingerprint density at radius 2 is 2.00 bits per heavy atom. The Morgan fingerprint density at radius 1 is 1.28 bits per heavy atom. The molecule has 0 atom stereocenters. The zero-order valence-corrected chi connectivity index (χ0v) is 14.0. The number of likely N-dealkylation sites (N-methyl/N-ethyl adjacent to an activating group) is 1. The molecule has 1 aliphatic rings. The van der Waals surface area contributed by atoms with Crippen LogP contribution in [0.1, 0.15) is 24.5 Å². The molecule has 1 N–H and O–H groups in total. The van der Waals surface area contributed by atoms with E-state index >= 15 is 0 Å². The first-order chi connectivity index (χ1) is 12.0. The van der Waals surface area contributed by atoms with Crippen LogP contribution in [0.5, 0.6) is 0 Å². The Morgan fingerprint density at radius 3 is 2.64 bits per heavy atom. The Kier molecular flexibility index (Phi) is 4.47. The molecule has 2 aromatic rings. The molecule has 2 aromatic carbocycles. The van der Waals surface area contributed by atoms with Crippen molar-refractivity contribution in [3.8, 4) is 0 Å². The lowest BCUT2D eigenvalue weighted by molar-refractivity contribution is -0.384. The van der Waals surface area contributed by atoms with Gasteiger partial charge in [-0.3, -0.25) is 20.3 Å². The molecular weight excluding hydrogens is 320 g/mol. The highest BCUT2D eigenvalue weighted by Crippen LogP contribution is 2.28. The van der Waals surface area contributed by atoms with Crippen LogP contribution in [0.25, 0.3) is 0 Å². The van der Waals surface area contributed by atoms with Gasteiger partial charge in [-0.15, -0.1) is 0 Å². The van der Waals surface area contributed by atoms with Crippen molar-refractivity contribution < 1.29 is 9.72 Å². The van der Waals surface area contributed by atoms with Gasteiger partial charge in [0.15, 0.2) is 0 Å².